The fraction of sp³-hybridized carbons (Fsp3) is 0.333. The Hall–Kier alpha value is -0.360. The van der Waals surface area contributed by atoms with Gasteiger partial charge in [0.15, 0.2) is 0 Å². The van der Waals surface area contributed by atoms with E-state index in [-0.39, 0.29) is 0 Å². The average molecular weight is 166 g/mol. The molecule has 2 amide bonds. The van der Waals surface area contributed by atoms with E-state index in [4.69, 9.17) is 0 Å². The number of rotatable bonds is 2. The lowest BCUT2D eigenvalue weighted by molar-refractivity contribution is -0.136. The molecule has 0 atom stereocenters. The van der Waals surface area contributed by atoms with Gasteiger partial charge in [0, 0.05) is 11.0 Å². The Morgan fingerprint density at radius 3 is 2.44 bits per heavy atom. The lowest BCUT2D eigenvalue weighted by atomic mass is 10.6. The Labute approximate surface area is 60.5 Å². The number of primary amides is 1. The van der Waals surface area contributed by atoms with Crippen LogP contribution in [0.3, 0.4) is 0 Å². The van der Waals surface area contributed by atoms with Gasteiger partial charge in [-0.15, -0.1) is 0 Å². The van der Waals surface area contributed by atoms with E-state index in [0.29, 0.717) is 0 Å². The second kappa shape index (κ2) is 4.51. The summed E-state index contributed by atoms with van der Waals surface area (Å²) in [6.45, 7) is 0. The van der Waals surface area contributed by atoms with Crippen LogP contribution in [0.15, 0.2) is 0 Å². The quantitative estimate of drug-likeness (QED) is 0.330. The van der Waals surface area contributed by atoms with E-state index in [1.807, 2.05) is 0 Å². The molecule has 0 radical (unpaired) electrons. The minimum Gasteiger partial charge on any atom is -0.361 e. The Kier molecular flexibility index (Phi) is 4.33. The van der Waals surface area contributed by atoms with Gasteiger partial charge in [-0.3, -0.25) is 14.3 Å². The van der Waals surface area contributed by atoms with Gasteiger partial charge < -0.3 is 5.73 Å². The molecule has 0 heterocycles. The van der Waals surface area contributed by atoms with Crippen molar-refractivity contribution in [3.8, 4) is 0 Å². The summed E-state index contributed by atoms with van der Waals surface area (Å²) in [5, 5.41) is 0. The largest absolute Gasteiger partial charge is 0.361 e. The molecular weight excluding hydrogens is 160 g/mol. The van der Waals surface area contributed by atoms with Crippen molar-refractivity contribution in [2.24, 2.45) is 5.73 Å². The van der Waals surface area contributed by atoms with Crippen LogP contribution >= 0.6 is 21.8 Å². The average Bonchev–Trinajstić information content (AvgIpc) is 1.82. The Balaban J connectivity index is 3.39. The molecular formula is C3H6N2O2S2. The molecule has 0 saturated carbocycles. The molecule has 0 aliphatic heterocycles. The first-order chi connectivity index (χ1) is 4.18. The molecule has 0 saturated heterocycles. The maximum atomic E-state index is 10.3. The summed E-state index contributed by atoms with van der Waals surface area (Å²) in [6.07, 6.45) is 1.77. The first kappa shape index (κ1) is 8.64. The van der Waals surface area contributed by atoms with E-state index >= 15 is 0 Å². The molecule has 0 aromatic carbocycles. The first-order valence-electron chi connectivity index (χ1n) is 1.98. The van der Waals surface area contributed by atoms with E-state index in [0.717, 1.165) is 11.0 Å². The second-order valence-electron chi connectivity index (χ2n) is 1.05. The Morgan fingerprint density at radius 2 is 2.11 bits per heavy atom. The van der Waals surface area contributed by atoms with Crippen LogP contribution in [0.25, 0.3) is 0 Å². The molecule has 6 heteroatoms. The van der Waals surface area contributed by atoms with Crippen LogP contribution in [-0.2, 0) is 9.59 Å². The molecule has 0 aliphatic carbocycles. The van der Waals surface area contributed by atoms with Gasteiger partial charge in [-0.2, -0.15) is 0 Å². The van der Waals surface area contributed by atoms with Crippen molar-refractivity contribution in [1.82, 2.24) is 4.72 Å². The van der Waals surface area contributed by atoms with Gasteiger partial charge in [-0.05, 0) is 6.26 Å². The SMILES string of the molecule is CSSNC(=O)C(N)=O. The van der Waals surface area contributed by atoms with Crippen LogP contribution in [0.1, 0.15) is 0 Å². The molecule has 0 aliphatic rings. The maximum absolute atomic E-state index is 10.3. The molecule has 0 unspecified atom stereocenters. The van der Waals surface area contributed by atoms with Gasteiger partial charge >= 0.3 is 11.8 Å². The molecule has 52 valence electrons. The highest BCUT2D eigenvalue weighted by Gasteiger charge is 2.05. The van der Waals surface area contributed by atoms with Crippen molar-refractivity contribution < 1.29 is 9.59 Å². The van der Waals surface area contributed by atoms with Gasteiger partial charge in [0.25, 0.3) is 0 Å². The van der Waals surface area contributed by atoms with Crippen molar-refractivity contribution >= 4 is 33.6 Å². The summed E-state index contributed by atoms with van der Waals surface area (Å²) >= 11 is 0. The van der Waals surface area contributed by atoms with Crippen molar-refractivity contribution in [3.05, 3.63) is 0 Å². The highest BCUT2D eigenvalue weighted by molar-refractivity contribution is 8.75. The molecule has 0 aromatic heterocycles. The number of hydrogen-bond donors (Lipinski definition) is 2. The van der Waals surface area contributed by atoms with Gasteiger partial charge in [0.2, 0.25) is 0 Å². The van der Waals surface area contributed by atoms with Gasteiger partial charge in [0.05, 0.1) is 0 Å². The number of amides is 2. The Bertz CT molecular complexity index is 127. The van der Waals surface area contributed by atoms with E-state index < -0.39 is 11.8 Å². The topological polar surface area (TPSA) is 72.2 Å². The van der Waals surface area contributed by atoms with Gasteiger partial charge in [-0.1, -0.05) is 10.8 Å². The fourth-order valence-corrected chi connectivity index (χ4v) is 0.866. The summed E-state index contributed by atoms with van der Waals surface area (Å²) in [6, 6.07) is 0. The van der Waals surface area contributed by atoms with Crippen LogP contribution in [0.4, 0.5) is 0 Å². The van der Waals surface area contributed by atoms with Crippen LogP contribution in [0.2, 0.25) is 0 Å². The van der Waals surface area contributed by atoms with Crippen molar-refractivity contribution in [1.29, 1.82) is 0 Å². The molecule has 0 bridgehead atoms. The third-order valence-electron chi connectivity index (χ3n) is 0.441. The Morgan fingerprint density at radius 1 is 1.56 bits per heavy atom. The first-order valence-corrected chi connectivity index (χ1v) is 4.53. The zero-order valence-electron chi connectivity index (χ0n) is 4.71. The summed E-state index contributed by atoms with van der Waals surface area (Å²) in [7, 11) is 2.39. The summed E-state index contributed by atoms with van der Waals surface area (Å²) in [4.78, 5) is 20.3. The van der Waals surface area contributed by atoms with E-state index in [1.54, 1.807) is 6.26 Å². The van der Waals surface area contributed by atoms with Crippen molar-refractivity contribution in [3.63, 3.8) is 0 Å². The molecule has 0 fully saturated rings. The maximum Gasteiger partial charge on any atom is 0.319 e. The zero-order chi connectivity index (χ0) is 7.28. The molecule has 0 aromatic rings. The number of carbonyl (C=O) groups excluding carboxylic acids is 2. The summed E-state index contributed by atoms with van der Waals surface area (Å²) < 4.78 is 2.20. The van der Waals surface area contributed by atoms with E-state index in [9.17, 15) is 9.59 Å². The number of hydrogen-bond acceptors (Lipinski definition) is 4. The highest BCUT2D eigenvalue weighted by atomic mass is 33.1. The molecule has 0 spiro atoms. The van der Waals surface area contributed by atoms with E-state index in [2.05, 4.69) is 10.5 Å². The molecule has 3 N–H and O–H groups in total. The van der Waals surface area contributed by atoms with Crippen LogP contribution in [0.5, 0.6) is 0 Å². The third kappa shape index (κ3) is 4.16. The van der Waals surface area contributed by atoms with Gasteiger partial charge in [0.1, 0.15) is 0 Å². The number of carbonyl (C=O) groups is 2. The van der Waals surface area contributed by atoms with Crippen LogP contribution in [-0.4, -0.2) is 18.1 Å². The predicted octanol–water partition coefficient (Wildman–Crippen LogP) is -0.486. The predicted molar refractivity (Wildman–Crippen MR) is 38.4 cm³/mol. The lowest BCUT2D eigenvalue weighted by Crippen LogP contribution is -2.31. The minimum absolute atomic E-state index is 0.769. The van der Waals surface area contributed by atoms with Crippen LogP contribution < -0.4 is 10.5 Å². The normalized spacial score (nSPS) is 8.56. The van der Waals surface area contributed by atoms with Gasteiger partial charge in [-0.25, -0.2) is 0 Å². The highest BCUT2D eigenvalue weighted by Crippen LogP contribution is 2.10. The van der Waals surface area contributed by atoms with Crippen molar-refractivity contribution in [2.75, 3.05) is 6.26 Å². The monoisotopic (exact) mass is 166 g/mol. The number of nitrogens with two attached hydrogens (primary N) is 1. The zero-order valence-corrected chi connectivity index (χ0v) is 6.34. The second-order valence-corrected chi connectivity index (χ2v) is 3.25. The summed E-state index contributed by atoms with van der Waals surface area (Å²) in [5.41, 5.74) is 4.60. The van der Waals surface area contributed by atoms with E-state index in [1.165, 1.54) is 10.8 Å². The minimum atomic E-state index is -0.962. The molecule has 9 heavy (non-hydrogen) atoms. The standard InChI is InChI=1S/C3H6N2O2S2/c1-8-9-5-3(7)2(4)6/h1H3,(H2,4,6)(H,5,7). The third-order valence-corrected chi connectivity index (χ3v) is 1.63. The molecule has 4 nitrogen and oxygen atoms in total. The van der Waals surface area contributed by atoms with Crippen molar-refractivity contribution in [2.45, 2.75) is 0 Å². The molecule has 0 rings (SSSR count). The summed E-state index contributed by atoms with van der Waals surface area (Å²) in [5.74, 6) is -1.73. The number of nitrogens with one attached hydrogen (secondary N) is 1. The van der Waals surface area contributed by atoms with Crippen LogP contribution in [0, 0.1) is 0 Å². The lowest BCUT2D eigenvalue weighted by Gasteiger charge is -1.94. The smallest absolute Gasteiger partial charge is 0.319 e. The fourth-order valence-electron chi connectivity index (χ4n) is 0.130.